The number of aliphatic carboxylic acids is 1. The third-order valence-corrected chi connectivity index (χ3v) is 3.17. The molecule has 0 aromatic carbocycles. The second-order valence-electron chi connectivity index (χ2n) is 4.01. The Morgan fingerprint density at radius 3 is 2.79 bits per heavy atom. The van der Waals surface area contributed by atoms with Gasteiger partial charge in [0.25, 0.3) is 0 Å². The summed E-state index contributed by atoms with van der Waals surface area (Å²) in [5.41, 5.74) is -0.573. The van der Waals surface area contributed by atoms with E-state index in [0.717, 1.165) is 6.54 Å². The molecular weight excluding hydrogens is 185 g/mol. The Balaban J connectivity index is 2.48. The van der Waals surface area contributed by atoms with Crippen molar-refractivity contribution in [3.8, 4) is 0 Å². The Hall–Kier alpha value is -0.640. The van der Waals surface area contributed by atoms with Crippen molar-refractivity contribution in [1.29, 1.82) is 0 Å². The molecular formula is C10H18FNO2. The molecule has 0 aromatic heterocycles. The lowest BCUT2D eigenvalue weighted by atomic mass is 9.84. The van der Waals surface area contributed by atoms with Crippen LogP contribution in [0.5, 0.6) is 0 Å². The van der Waals surface area contributed by atoms with E-state index in [2.05, 4.69) is 4.90 Å². The summed E-state index contributed by atoms with van der Waals surface area (Å²) >= 11 is 0. The SMILES string of the molecule is CCC1(C(=O)O)CCN(CCCF)C1. The van der Waals surface area contributed by atoms with Gasteiger partial charge in [0.2, 0.25) is 0 Å². The third-order valence-electron chi connectivity index (χ3n) is 3.17. The molecule has 0 radical (unpaired) electrons. The first-order valence-corrected chi connectivity index (χ1v) is 5.16. The first-order valence-electron chi connectivity index (χ1n) is 5.16. The summed E-state index contributed by atoms with van der Waals surface area (Å²) < 4.78 is 11.9. The summed E-state index contributed by atoms with van der Waals surface area (Å²) in [5.74, 6) is -0.706. The van der Waals surface area contributed by atoms with Gasteiger partial charge in [-0.3, -0.25) is 9.18 Å². The van der Waals surface area contributed by atoms with Crippen LogP contribution in [-0.4, -0.2) is 42.3 Å². The molecule has 82 valence electrons. The number of hydrogen-bond donors (Lipinski definition) is 1. The third kappa shape index (κ3) is 2.23. The normalized spacial score (nSPS) is 28.1. The lowest BCUT2D eigenvalue weighted by Gasteiger charge is -2.22. The Bertz CT molecular complexity index is 210. The molecule has 1 fully saturated rings. The number of halogens is 1. The van der Waals surface area contributed by atoms with E-state index in [4.69, 9.17) is 5.11 Å². The van der Waals surface area contributed by atoms with Crippen molar-refractivity contribution < 1.29 is 14.3 Å². The molecule has 3 nitrogen and oxygen atoms in total. The zero-order valence-corrected chi connectivity index (χ0v) is 8.63. The number of carboxylic acids is 1. The molecule has 0 saturated carbocycles. The predicted octanol–water partition coefficient (Wildman–Crippen LogP) is 1.53. The van der Waals surface area contributed by atoms with Crippen molar-refractivity contribution in [3.05, 3.63) is 0 Å². The summed E-state index contributed by atoms with van der Waals surface area (Å²) in [6.45, 7) is 3.65. The fraction of sp³-hybridized carbons (Fsp3) is 0.900. The van der Waals surface area contributed by atoms with E-state index >= 15 is 0 Å². The standard InChI is InChI=1S/C10H18FNO2/c1-2-10(9(13)14)4-7-12(8-10)6-3-5-11/h2-8H2,1H3,(H,13,14). The van der Waals surface area contributed by atoms with Crippen molar-refractivity contribution in [2.75, 3.05) is 26.3 Å². The molecule has 1 rings (SSSR count). The lowest BCUT2D eigenvalue weighted by molar-refractivity contribution is -0.148. The Kier molecular flexibility index (Phi) is 3.86. The van der Waals surface area contributed by atoms with Gasteiger partial charge in [-0.05, 0) is 25.8 Å². The number of hydrogen-bond acceptors (Lipinski definition) is 2. The van der Waals surface area contributed by atoms with Crippen LogP contribution in [0.4, 0.5) is 4.39 Å². The van der Waals surface area contributed by atoms with E-state index in [0.29, 0.717) is 32.4 Å². The Morgan fingerprint density at radius 2 is 2.36 bits per heavy atom. The van der Waals surface area contributed by atoms with Gasteiger partial charge in [-0.2, -0.15) is 0 Å². The second kappa shape index (κ2) is 4.73. The highest BCUT2D eigenvalue weighted by Crippen LogP contribution is 2.33. The van der Waals surface area contributed by atoms with E-state index in [1.165, 1.54) is 0 Å². The lowest BCUT2D eigenvalue weighted by Crippen LogP contribution is -2.34. The number of nitrogens with zero attached hydrogens (tertiary/aromatic N) is 1. The molecule has 0 aliphatic carbocycles. The van der Waals surface area contributed by atoms with Gasteiger partial charge in [-0.1, -0.05) is 6.92 Å². The monoisotopic (exact) mass is 203 g/mol. The van der Waals surface area contributed by atoms with Crippen LogP contribution in [-0.2, 0) is 4.79 Å². The number of alkyl halides is 1. The molecule has 1 unspecified atom stereocenters. The van der Waals surface area contributed by atoms with Crippen LogP contribution < -0.4 is 0 Å². The topological polar surface area (TPSA) is 40.5 Å². The smallest absolute Gasteiger partial charge is 0.310 e. The van der Waals surface area contributed by atoms with Crippen LogP contribution in [0.1, 0.15) is 26.2 Å². The molecule has 0 amide bonds. The van der Waals surface area contributed by atoms with Gasteiger partial charge in [-0.25, -0.2) is 0 Å². The molecule has 0 aromatic rings. The van der Waals surface area contributed by atoms with Gasteiger partial charge >= 0.3 is 5.97 Å². The van der Waals surface area contributed by atoms with Crippen LogP contribution in [0.15, 0.2) is 0 Å². The van der Waals surface area contributed by atoms with Crippen LogP contribution in [0.3, 0.4) is 0 Å². The quantitative estimate of drug-likeness (QED) is 0.736. The molecule has 0 bridgehead atoms. The number of likely N-dealkylation sites (tertiary alicyclic amines) is 1. The minimum absolute atomic E-state index is 0.317. The van der Waals surface area contributed by atoms with Crippen LogP contribution in [0.25, 0.3) is 0 Å². The van der Waals surface area contributed by atoms with Gasteiger partial charge in [0.05, 0.1) is 12.1 Å². The van der Waals surface area contributed by atoms with E-state index in [1.807, 2.05) is 6.92 Å². The summed E-state index contributed by atoms with van der Waals surface area (Å²) in [4.78, 5) is 13.1. The molecule has 1 saturated heterocycles. The minimum atomic E-state index is -0.706. The van der Waals surface area contributed by atoms with Gasteiger partial charge < -0.3 is 10.0 Å². The largest absolute Gasteiger partial charge is 0.481 e. The number of rotatable bonds is 5. The van der Waals surface area contributed by atoms with Crippen molar-refractivity contribution in [2.24, 2.45) is 5.41 Å². The van der Waals surface area contributed by atoms with Crippen molar-refractivity contribution in [2.45, 2.75) is 26.2 Å². The van der Waals surface area contributed by atoms with Gasteiger partial charge in [0.1, 0.15) is 0 Å². The summed E-state index contributed by atoms with van der Waals surface area (Å²) in [6, 6.07) is 0. The number of carbonyl (C=O) groups is 1. The Labute approximate surface area is 83.9 Å². The maximum atomic E-state index is 11.9. The highest BCUT2D eigenvalue weighted by Gasteiger charge is 2.42. The highest BCUT2D eigenvalue weighted by molar-refractivity contribution is 5.75. The van der Waals surface area contributed by atoms with E-state index in [-0.39, 0.29) is 6.67 Å². The summed E-state index contributed by atoms with van der Waals surface area (Å²) in [6.07, 6.45) is 1.87. The molecule has 0 spiro atoms. The molecule has 1 aliphatic rings. The second-order valence-corrected chi connectivity index (χ2v) is 4.01. The summed E-state index contributed by atoms with van der Waals surface area (Å²) in [5, 5.41) is 9.11. The zero-order valence-electron chi connectivity index (χ0n) is 8.63. The van der Waals surface area contributed by atoms with Crippen LogP contribution >= 0.6 is 0 Å². The van der Waals surface area contributed by atoms with Gasteiger partial charge in [0, 0.05) is 13.1 Å². The van der Waals surface area contributed by atoms with Crippen molar-refractivity contribution in [3.63, 3.8) is 0 Å². The average Bonchev–Trinajstić information content (AvgIpc) is 2.59. The van der Waals surface area contributed by atoms with Crippen LogP contribution in [0, 0.1) is 5.41 Å². The highest BCUT2D eigenvalue weighted by atomic mass is 19.1. The average molecular weight is 203 g/mol. The van der Waals surface area contributed by atoms with E-state index in [9.17, 15) is 9.18 Å². The Morgan fingerprint density at radius 1 is 1.64 bits per heavy atom. The first kappa shape index (κ1) is 11.4. The van der Waals surface area contributed by atoms with Crippen LogP contribution in [0.2, 0.25) is 0 Å². The van der Waals surface area contributed by atoms with Crippen molar-refractivity contribution in [1.82, 2.24) is 4.90 Å². The fourth-order valence-corrected chi connectivity index (χ4v) is 2.05. The van der Waals surface area contributed by atoms with Gasteiger partial charge in [-0.15, -0.1) is 0 Å². The molecule has 1 aliphatic heterocycles. The maximum Gasteiger partial charge on any atom is 0.310 e. The first-order chi connectivity index (χ1) is 6.64. The zero-order chi connectivity index (χ0) is 10.6. The van der Waals surface area contributed by atoms with Crippen molar-refractivity contribution >= 4 is 5.97 Å². The van der Waals surface area contributed by atoms with E-state index < -0.39 is 11.4 Å². The number of carboxylic acid groups (broad SMARTS) is 1. The fourth-order valence-electron chi connectivity index (χ4n) is 2.05. The van der Waals surface area contributed by atoms with E-state index in [1.54, 1.807) is 0 Å². The molecule has 4 heteroatoms. The maximum absolute atomic E-state index is 11.9. The molecule has 1 heterocycles. The molecule has 1 N–H and O–H groups in total. The minimum Gasteiger partial charge on any atom is -0.481 e. The predicted molar refractivity (Wildman–Crippen MR) is 52.0 cm³/mol. The molecule has 14 heavy (non-hydrogen) atoms. The summed E-state index contributed by atoms with van der Waals surface area (Å²) in [7, 11) is 0. The van der Waals surface area contributed by atoms with Gasteiger partial charge in [0.15, 0.2) is 0 Å². The molecule has 1 atom stereocenters.